The summed E-state index contributed by atoms with van der Waals surface area (Å²) in [4.78, 5) is 0. The van der Waals surface area contributed by atoms with Crippen molar-refractivity contribution in [3.63, 3.8) is 0 Å². The molecule has 0 atom stereocenters. The molecular weight excluding hydrogens is 562 g/mol. The summed E-state index contributed by atoms with van der Waals surface area (Å²) in [5.74, 6) is -64.2. The van der Waals surface area contributed by atoms with Crippen molar-refractivity contribution < 1.29 is 96.6 Å². The summed E-state index contributed by atoms with van der Waals surface area (Å²) in [5, 5.41) is 0. The molecule has 0 saturated carbocycles. The SMILES string of the molecule is FC(F)(F)C(F)(F)C(F)(F)C(F)(F)C=CC(F)(F)C(F)(F)C(F)(F)C(F)(F)C(F)(F)C(F)(F)F. The molecule has 0 aromatic carbocycles. The quantitative estimate of drug-likeness (QED) is 0.209. The van der Waals surface area contributed by atoms with Gasteiger partial charge in [0.05, 0.1) is 0 Å². The van der Waals surface area contributed by atoms with Gasteiger partial charge in [0.2, 0.25) is 0 Å². The lowest BCUT2D eigenvalue weighted by Gasteiger charge is -2.39. The van der Waals surface area contributed by atoms with Crippen LogP contribution in [-0.2, 0) is 0 Å². The van der Waals surface area contributed by atoms with E-state index in [9.17, 15) is 96.6 Å². The number of hydrogen-bond donors (Lipinski definition) is 0. The van der Waals surface area contributed by atoms with Gasteiger partial charge >= 0.3 is 59.7 Å². The summed E-state index contributed by atoms with van der Waals surface area (Å²) < 4.78 is 278. The van der Waals surface area contributed by atoms with Gasteiger partial charge in [-0.05, 0) is 12.2 Å². The van der Waals surface area contributed by atoms with Crippen LogP contribution >= 0.6 is 0 Å². The zero-order valence-corrected chi connectivity index (χ0v) is 14.5. The van der Waals surface area contributed by atoms with E-state index in [1.807, 2.05) is 0 Å². The predicted octanol–water partition coefficient (Wildman–Crippen LogP) is 7.75. The molecule has 22 heteroatoms. The Morgan fingerprint density at radius 2 is 0.412 bits per heavy atom. The minimum Gasteiger partial charge on any atom is -0.195 e. The highest BCUT2D eigenvalue weighted by Gasteiger charge is 2.90. The highest BCUT2D eigenvalue weighted by atomic mass is 19.4. The van der Waals surface area contributed by atoms with E-state index < -0.39 is 71.9 Å². The Bertz CT molecular complexity index is 760. The van der Waals surface area contributed by atoms with Crippen molar-refractivity contribution in [3.8, 4) is 0 Å². The van der Waals surface area contributed by atoms with Crippen molar-refractivity contribution in [2.45, 2.75) is 59.7 Å². The molecule has 0 saturated heterocycles. The van der Waals surface area contributed by atoms with Crippen LogP contribution in [0.1, 0.15) is 0 Å². The topological polar surface area (TPSA) is 0 Å². The second kappa shape index (κ2) is 7.85. The van der Waals surface area contributed by atoms with E-state index >= 15 is 0 Å². The number of allylic oxidation sites excluding steroid dienone is 2. The van der Waals surface area contributed by atoms with Crippen molar-refractivity contribution in [1.29, 1.82) is 0 Å². The van der Waals surface area contributed by atoms with Crippen LogP contribution in [0.15, 0.2) is 12.2 Å². The van der Waals surface area contributed by atoms with Crippen molar-refractivity contribution in [2.75, 3.05) is 0 Å². The third kappa shape index (κ3) is 4.32. The molecule has 204 valence electrons. The van der Waals surface area contributed by atoms with Gasteiger partial charge in [-0.1, -0.05) is 0 Å². The Morgan fingerprint density at radius 3 is 0.647 bits per heavy atom. The molecule has 0 aromatic rings. The lowest BCUT2D eigenvalue weighted by molar-refractivity contribution is -0.436. The summed E-state index contributed by atoms with van der Waals surface area (Å²) in [7, 11) is 0. The summed E-state index contributed by atoms with van der Waals surface area (Å²) >= 11 is 0. The highest BCUT2D eigenvalue weighted by molar-refractivity contribution is 5.19. The van der Waals surface area contributed by atoms with Gasteiger partial charge in [-0.25, -0.2) is 0 Å². The van der Waals surface area contributed by atoms with Crippen LogP contribution in [0.3, 0.4) is 0 Å². The average Bonchev–Trinajstić information content (AvgIpc) is 2.57. The Balaban J connectivity index is 6.60. The largest absolute Gasteiger partial charge is 0.460 e. The van der Waals surface area contributed by atoms with Gasteiger partial charge in [-0.2, -0.15) is 96.6 Å². The fourth-order valence-electron chi connectivity index (χ4n) is 1.59. The van der Waals surface area contributed by atoms with E-state index in [0.717, 1.165) is 0 Å². The molecule has 34 heavy (non-hydrogen) atoms. The predicted molar refractivity (Wildman–Crippen MR) is 60.8 cm³/mol. The zero-order valence-electron chi connectivity index (χ0n) is 14.5. The second-order valence-corrected chi connectivity index (χ2v) is 6.02. The molecule has 0 aromatic heterocycles. The molecule has 0 unspecified atom stereocenters. The van der Waals surface area contributed by atoms with Crippen LogP contribution in [0.2, 0.25) is 0 Å². The van der Waals surface area contributed by atoms with Gasteiger partial charge < -0.3 is 0 Å². The van der Waals surface area contributed by atoms with Crippen molar-refractivity contribution >= 4 is 0 Å². The molecule has 0 bridgehead atoms. The number of hydrogen-bond acceptors (Lipinski definition) is 0. The molecule has 0 nitrogen and oxygen atoms in total. The fourth-order valence-corrected chi connectivity index (χ4v) is 1.59. The Kier molecular flexibility index (Phi) is 7.44. The molecule has 0 aliphatic rings. The first-order valence-electron chi connectivity index (χ1n) is 7.07. The van der Waals surface area contributed by atoms with Crippen LogP contribution in [0, 0.1) is 0 Å². The average molecular weight is 564 g/mol. The summed E-state index contributed by atoms with van der Waals surface area (Å²) in [6.45, 7) is 0. The number of rotatable bonds is 8. The van der Waals surface area contributed by atoms with Crippen LogP contribution < -0.4 is 0 Å². The van der Waals surface area contributed by atoms with Gasteiger partial charge in [-0.3, -0.25) is 0 Å². The number of halogens is 22. The monoisotopic (exact) mass is 564 g/mol. The van der Waals surface area contributed by atoms with E-state index in [2.05, 4.69) is 0 Å². The Labute approximate surface area is 170 Å². The standard InChI is InChI=1S/C12H2F22/c13-3(14,1-2-4(15,16)6(19,20)9(25,26)11(29,30)31)5(17,18)7(21,22)8(23,24)10(27,28)12(32,33)34/h1-2H. The first-order valence-corrected chi connectivity index (χ1v) is 7.07. The van der Waals surface area contributed by atoms with Gasteiger partial charge in [0.1, 0.15) is 0 Å². The third-order valence-corrected chi connectivity index (χ3v) is 3.63. The molecular formula is C12H2F22. The third-order valence-electron chi connectivity index (χ3n) is 3.63. The van der Waals surface area contributed by atoms with Crippen LogP contribution in [-0.4, -0.2) is 59.7 Å². The maximum atomic E-state index is 13.2. The van der Waals surface area contributed by atoms with Crippen molar-refractivity contribution in [2.24, 2.45) is 0 Å². The van der Waals surface area contributed by atoms with Gasteiger partial charge in [0.15, 0.2) is 0 Å². The number of alkyl halides is 22. The van der Waals surface area contributed by atoms with Crippen LogP contribution in [0.5, 0.6) is 0 Å². The fraction of sp³-hybridized carbons (Fsp3) is 0.833. The van der Waals surface area contributed by atoms with Crippen molar-refractivity contribution in [3.05, 3.63) is 12.2 Å². The summed E-state index contributed by atoms with van der Waals surface area (Å²) in [6.07, 6.45) is -20.9. The van der Waals surface area contributed by atoms with Crippen LogP contribution in [0.25, 0.3) is 0 Å². The minimum absolute atomic E-state index is 2.73. The molecule has 0 N–H and O–H groups in total. The zero-order chi connectivity index (χ0) is 28.4. The minimum atomic E-state index is -8.55. The summed E-state index contributed by atoms with van der Waals surface area (Å²) in [5.41, 5.74) is 0. The van der Waals surface area contributed by atoms with Gasteiger partial charge in [-0.15, -0.1) is 0 Å². The maximum Gasteiger partial charge on any atom is 0.460 e. The van der Waals surface area contributed by atoms with E-state index in [4.69, 9.17) is 0 Å². The van der Waals surface area contributed by atoms with E-state index in [1.54, 1.807) is 0 Å². The molecule has 0 fully saturated rings. The normalized spacial score (nSPS) is 17.0. The molecule has 0 radical (unpaired) electrons. The van der Waals surface area contributed by atoms with Crippen LogP contribution in [0.4, 0.5) is 96.6 Å². The van der Waals surface area contributed by atoms with Gasteiger partial charge in [0, 0.05) is 0 Å². The first-order chi connectivity index (χ1) is 14.2. The lowest BCUT2D eigenvalue weighted by atomic mass is 9.93. The first kappa shape index (κ1) is 32.2. The second-order valence-electron chi connectivity index (χ2n) is 6.02. The van der Waals surface area contributed by atoms with Crippen molar-refractivity contribution in [1.82, 2.24) is 0 Å². The maximum absolute atomic E-state index is 13.2. The molecule has 0 spiro atoms. The highest BCUT2D eigenvalue weighted by Crippen LogP contribution is 2.61. The molecule has 0 rings (SSSR count). The molecule has 0 heterocycles. The smallest absolute Gasteiger partial charge is 0.195 e. The molecule has 0 amide bonds. The van der Waals surface area contributed by atoms with E-state index in [0.29, 0.717) is 0 Å². The molecule has 0 aliphatic heterocycles. The Hall–Kier alpha value is -1.80. The summed E-state index contributed by atoms with van der Waals surface area (Å²) in [6, 6.07) is 0. The Morgan fingerprint density at radius 1 is 0.235 bits per heavy atom. The van der Waals surface area contributed by atoms with Gasteiger partial charge in [0.25, 0.3) is 0 Å². The molecule has 0 aliphatic carbocycles. The van der Waals surface area contributed by atoms with E-state index in [-0.39, 0.29) is 0 Å². The van der Waals surface area contributed by atoms with E-state index in [1.165, 1.54) is 0 Å². The lowest BCUT2D eigenvalue weighted by Crippen LogP contribution is -2.69.